The molecule has 0 spiro atoms. The van der Waals surface area contributed by atoms with E-state index in [-0.39, 0.29) is 5.91 Å². The van der Waals surface area contributed by atoms with E-state index in [0.29, 0.717) is 16.9 Å². The number of nitrogens with one attached hydrogen (secondary N) is 2. The van der Waals surface area contributed by atoms with E-state index in [4.69, 9.17) is 0 Å². The van der Waals surface area contributed by atoms with E-state index in [1.807, 2.05) is 24.3 Å². The first kappa shape index (κ1) is 24.9. The Morgan fingerprint density at radius 1 is 0.829 bits per heavy atom. The molecule has 4 rings (SSSR count). The monoisotopic (exact) mass is 492 g/mol. The predicted octanol–water partition coefficient (Wildman–Crippen LogP) is 3.94. The van der Waals surface area contributed by atoms with E-state index in [1.165, 1.54) is 11.1 Å². The third-order valence-electron chi connectivity index (χ3n) is 6.13. The molecule has 8 heteroatoms. The number of anilines is 2. The van der Waals surface area contributed by atoms with Crippen molar-refractivity contribution in [1.29, 1.82) is 0 Å². The Labute approximate surface area is 207 Å². The predicted molar refractivity (Wildman–Crippen MR) is 141 cm³/mol. The molecule has 3 aromatic carbocycles. The summed E-state index contributed by atoms with van der Waals surface area (Å²) in [6.07, 6.45) is 1.09. The largest absolute Gasteiger partial charge is 0.322 e. The number of rotatable bonds is 8. The minimum Gasteiger partial charge on any atom is -0.322 e. The van der Waals surface area contributed by atoms with Gasteiger partial charge in [0.15, 0.2) is 0 Å². The molecule has 184 valence electrons. The van der Waals surface area contributed by atoms with Crippen LogP contribution in [0.1, 0.15) is 27.0 Å². The van der Waals surface area contributed by atoms with E-state index in [9.17, 15) is 13.2 Å². The summed E-state index contributed by atoms with van der Waals surface area (Å²) in [7, 11) is -3.42. The van der Waals surface area contributed by atoms with Crippen LogP contribution in [-0.4, -0.2) is 56.6 Å². The third kappa shape index (κ3) is 7.39. The normalized spacial score (nSPS) is 15.0. The van der Waals surface area contributed by atoms with Crippen LogP contribution in [0.15, 0.2) is 72.8 Å². The highest BCUT2D eigenvalue weighted by Crippen LogP contribution is 2.20. The number of sulfonamides is 1. The summed E-state index contributed by atoms with van der Waals surface area (Å²) in [5.41, 5.74) is 4.79. The molecule has 0 atom stereocenters. The zero-order valence-corrected chi connectivity index (χ0v) is 21.0. The van der Waals surface area contributed by atoms with Gasteiger partial charge < -0.3 is 5.32 Å². The van der Waals surface area contributed by atoms with Gasteiger partial charge in [0.2, 0.25) is 10.0 Å². The van der Waals surface area contributed by atoms with Crippen molar-refractivity contribution in [3.63, 3.8) is 0 Å². The summed E-state index contributed by atoms with van der Waals surface area (Å²) in [5, 5.41) is 2.89. The van der Waals surface area contributed by atoms with E-state index in [1.54, 1.807) is 25.1 Å². The highest BCUT2D eigenvalue weighted by Gasteiger charge is 2.17. The first-order chi connectivity index (χ1) is 16.7. The van der Waals surface area contributed by atoms with Crippen LogP contribution in [0.4, 0.5) is 11.4 Å². The molecular weight excluding hydrogens is 460 g/mol. The summed E-state index contributed by atoms with van der Waals surface area (Å²) in [6, 6.07) is 23.4. The van der Waals surface area contributed by atoms with Crippen molar-refractivity contribution < 1.29 is 13.2 Å². The lowest BCUT2D eigenvalue weighted by Crippen LogP contribution is -2.45. The summed E-state index contributed by atoms with van der Waals surface area (Å²) < 4.78 is 25.6. The molecule has 1 heterocycles. The average Bonchev–Trinajstić information content (AvgIpc) is 2.83. The zero-order chi connectivity index (χ0) is 24.8. The Hall–Kier alpha value is -3.20. The molecule has 0 radical (unpaired) electrons. The Balaban J connectivity index is 1.29. The van der Waals surface area contributed by atoms with Crippen molar-refractivity contribution in [3.8, 4) is 0 Å². The molecule has 1 aliphatic heterocycles. The number of nitrogens with zero attached hydrogens (tertiary/aromatic N) is 2. The van der Waals surface area contributed by atoms with Gasteiger partial charge in [0.25, 0.3) is 5.91 Å². The van der Waals surface area contributed by atoms with E-state index >= 15 is 0 Å². The number of hydrogen-bond donors (Lipinski definition) is 2. The van der Waals surface area contributed by atoms with Gasteiger partial charge in [-0.1, -0.05) is 48.5 Å². The summed E-state index contributed by atoms with van der Waals surface area (Å²) in [4.78, 5) is 17.7. The van der Waals surface area contributed by atoms with Crippen molar-refractivity contribution in [2.24, 2.45) is 0 Å². The van der Waals surface area contributed by atoms with E-state index in [2.05, 4.69) is 50.2 Å². The minimum atomic E-state index is -3.42. The fourth-order valence-corrected chi connectivity index (χ4v) is 4.79. The van der Waals surface area contributed by atoms with Crippen molar-refractivity contribution in [3.05, 3.63) is 95.1 Å². The molecule has 1 amide bonds. The molecule has 1 fully saturated rings. The molecule has 0 saturated carbocycles. The highest BCUT2D eigenvalue weighted by atomic mass is 32.2. The summed E-state index contributed by atoms with van der Waals surface area (Å²) in [6.45, 7) is 7.83. The Morgan fingerprint density at radius 3 is 1.97 bits per heavy atom. The number of carbonyl (C=O) groups is 1. The number of piperazine rings is 1. The second-order valence-corrected chi connectivity index (χ2v) is 10.8. The number of carbonyl (C=O) groups excluding carboxylic acids is 1. The number of hydrogen-bond acceptors (Lipinski definition) is 5. The first-order valence-electron chi connectivity index (χ1n) is 11.7. The van der Waals surface area contributed by atoms with Gasteiger partial charge in [0.05, 0.1) is 11.9 Å². The third-order valence-corrected chi connectivity index (χ3v) is 6.72. The number of benzene rings is 3. The SMILES string of the molecule is Cc1ccc(C(=O)Nc2ccc(CN3CCN(Cc4ccccc4)CC3)cc2)cc1NS(C)(=O)=O. The standard InChI is InChI=1S/C27H32N4O3S/c1-21-8-11-24(18-26(21)29-35(2,33)34)27(32)28-25-12-9-23(10-13-25)20-31-16-14-30(15-17-31)19-22-6-4-3-5-7-22/h3-13,18,29H,14-17,19-20H2,1-2H3,(H,28,32). The lowest BCUT2D eigenvalue weighted by atomic mass is 10.1. The number of aryl methyl sites for hydroxylation is 1. The van der Waals surface area contributed by atoms with Crippen molar-refractivity contribution in [1.82, 2.24) is 9.80 Å². The molecule has 3 aromatic rings. The lowest BCUT2D eigenvalue weighted by molar-refractivity contribution is 0.102. The van der Waals surface area contributed by atoms with Crippen LogP contribution in [0.25, 0.3) is 0 Å². The molecule has 0 bridgehead atoms. The topological polar surface area (TPSA) is 81.8 Å². The fourth-order valence-electron chi connectivity index (χ4n) is 4.18. The van der Waals surface area contributed by atoms with Gasteiger partial charge in [-0.3, -0.25) is 19.3 Å². The molecule has 35 heavy (non-hydrogen) atoms. The maximum atomic E-state index is 12.7. The van der Waals surface area contributed by atoms with Crippen molar-refractivity contribution in [2.75, 3.05) is 42.5 Å². The minimum absolute atomic E-state index is 0.288. The molecule has 7 nitrogen and oxygen atoms in total. The smallest absolute Gasteiger partial charge is 0.255 e. The lowest BCUT2D eigenvalue weighted by Gasteiger charge is -2.34. The number of amides is 1. The van der Waals surface area contributed by atoms with Crippen molar-refractivity contribution in [2.45, 2.75) is 20.0 Å². The fraction of sp³-hybridized carbons (Fsp3) is 0.296. The van der Waals surface area contributed by atoms with Gasteiger partial charge in [-0.25, -0.2) is 8.42 Å². The average molecular weight is 493 g/mol. The van der Waals surface area contributed by atoms with Crippen LogP contribution in [0.3, 0.4) is 0 Å². The van der Waals surface area contributed by atoms with Gasteiger partial charge >= 0.3 is 0 Å². The van der Waals surface area contributed by atoms with Gasteiger partial charge in [0.1, 0.15) is 0 Å². The van der Waals surface area contributed by atoms with Gasteiger partial charge in [-0.2, -0.15) is 0 Å². The summed E-state index contributed by atoms with van der Waals surface area (Å²) >= 11 is 0. The van der Waals surface area contributed by atoms with Crippen LogP contribution in [-0.2, 0) is 23.1 Å². The summed E-state index contributed by atoms with van der Waals surface area (Å²) in [5.74, 6) is -0.288. The first-order valence-corrected chi connectivity index (χ1v) is 13.6. The van der Waals surface area contributed by atoms with E-state index < -0.39 is 10.0 Å². The Bertz CT molecular complexity index is 1250. The van der Waals surface area contributed by atoms with Crippen LogP contribution in [0.5, 0.6) is 0 Å². The second-order valence-electron chi connectivity index (χ2n) is 9.09. The second kappa shape index (κ2) is 11.0. The molecule has 0 unspecified atom stereocenters. The Kier molecular flexibility index (Phi) is 7.85. The van der Waals surface area contributed by atoms with Crippen LogP contribution in [0.2, 0.25) is 0 Å². The molecule has 2 N–H and O–H groups in total. The van der Waals surface area contributed by atoms with E-state index in [0.717, 1.165) is 51.1 Å². The molecular formula is C27H32N4O3S. The molecule has 1 aliphatic rings. The van der Waals surface area contributed by atoms with Crippen molar-refractivity contribution >= 4 is 27.3 Å². The molecule has 0 aliphatic carbocycles. The maximum Gasteiger partial charge on any atom is 0.255 e. The van der Waals surface area contributed by atoms with Gasteiger partial charge in [-0.05, 0) is 47.9 Å². The highest BCUT2D eigenvalue weighted by molar-refractivity contribution is 7.92. The van der Waals surface area contributed by atoms with Crippen LogP contribution in [0, 0.1) is 6.92 Å². The van der Waals surface area contributed by atoms with Crippen LogP contribution < -0.4 is 10.0 Å². The van der Waals surface area contributed by atoms with Gasteiger partial charge in [-0.15, -0.1) is 0 Å². The maximum absolute atomic E-state index is 12.7. The Morgan fingerprint density at radius 2 is 1.40 bits per heavy atom. The molecule has 0 aromatic heterocycles. The zero-order valence-electron chi connectivity index (χ0n) is 20.2. The van der Waals surface area contributed by atoms with Gasteiger partial charge in [0, 0.05) is 50.5 Å². The van der Waals surface area contributed by atoms with Crippen LogP contribution >= 0.6 is 0 Å². The molecule has 1 saturated heterocycles. The quantitative estimate of drug-likeness (QED) is 0.498.